The molecule has 0 bridgehead atoms. The number of amidine groups is 1. The summed E-state index contributed by atoms with van der Waals surface area (Å²) in [6.45, 7) is 1.09. The summed E-state index contributed by atoms with van der Waals surface area (Å²) < 4.78 is 5.61. The van der Waals surface area contributed by atoms with Gasteiger partial charge in [0.25, 0.3) is 0 Å². The number of rotatable bonds is 6. The van der Waals surface area contributed by atoms with Gasteiger partial charge in [-0.1, -0.05) is 29.4 Å². The van der Waals surface area contributed by atoms with Crippen molar-refractivity contribution in [1.82, 2.24) is 4.98 Å². The van der Waals surface area contributed by atoms with Gasteiger partial charge in [-0.25, -0.2) is 0 Å². The average molecular weight is 271 g/mol. The molecule has 0 atom stereocenters. The second-order valence-electron chi connectivity index (χ2n) is 4.31. The molecule has 5 nitrogen and oxygen atoms in total. The van der Waals surface area contributed by atoms with Gasteiger partial charge in [0, 0.05) is 23.9 Å². The van der Waals surface area contributed by atoms with E-state index in [0.717, 1.165) is 17.7 Å². The number of nitrogens with two attached hydrogens (primary N) is 1. The lowest BCUT2D eigenvalue weighted by atomic mass is 10.1. The minimum atomic E-state index is 0.0975. The summed E-state index contributed by atoms with van der Waals surface area (Å²) in [4.78, 5) is 4.23. The maximum atomic E-state index is 8.64. The van der Waals surface area contributed by atoms with E-state index in [1.165, 1.54) is 0 Å². The van der Waals surface area contributed by atoms with Gasteiger partial charge in [0.1, 0.15) is 0 Å². The highest BCUT2D eigenvalue weighted by Gasteiger charge is 2.01. The normalized spacial score (nSPS) is 11.5. The molecule has 0 aliphatic rings. The van der Waals surface area contributed by atoms with Gasteiger partial charge < -0.3 is 15.7 Å². The number of hydrogen-bond donors (Lipinski definition) is 2. The first-order valence-electron chi connectivity index (χ1n) is 6.34. The number of nitrogens with zero attached hydrogens (tertiary/aromatic N) is 2. The maximum absolute atomic E-state index is 8.64. The summed E-state index contributed by atoms with van der Waals surface area (Å²) in [7, 11) is 0. The second-order valence-corrected chi connectivity index (χ2v) is 4.31. The molecule has 3 N–H and O–H groups in total. The Morgan fingerprint density at radius 1 is 1.25 bits per heavy atom. The summed E-state index contributed by atoms with van der Waals surface area (Å²) in [5.74, 6) is 0.0975. The molecule has 1 heterocycles. The Kier molecular flexibility index (Phi) is 5.08. The second kappa shape index (κ2) is 7.25. The zero-order valence-corrected chi connectivity index (χ0v) is 11.1. The van der Waals surface area contributed by atoms with Crippen LogP contribution < -0.4 is 5.73 Å². The van der Waals surface area contributed by atoms with E-state index in [1.807, 2.05) is 36.4 Å². The Morgan fingerprint density at radius 2 is 2.15 bits per heavy atom. The van der Waals surface area contributed by atoms with Crippen LogP contribution in [0.15, 0.2) is 53.8 Å². The van der Waals surface area contributed by atoms with Gasteiger partial charge in [0.2, 0.25) is 0 Å². The molecule has 0 fully saturated rings. The van der Waals surface area contributed by atoms with E-state index in [9.17, 15) is 0 Å². The fourth-order valence-corrected chi connectivity index (χ4v) is 1.79. The SMILES string of the molecule is N/C(=N\O)c1cccc(COCCc2ccccn2)c1. The van der Waals surface area contributed by atoms with Crippen LogP contribution in [0.1, 0.15) is 16.8 Å². The van der Waals surface area contributed by atoms with Crippen molar-refractivity contribution in [3.8, 4) is 0 Å². The fraction of sp³-hybridized carbons (Fsp3) is 0.200. The molecule has 0 saturated carbocycles. The number of oxime groups is 1. The van der Waals surface area contributed by atoms with Crippen molar-refractivity contribution in [1.29, 1.82) is 0 Å². The first-order chi connectivity index (χ1) is 9.79. The standard InChI is InChI=1S/C15H17N3O2/c16-15(18-19)13-5-3-4-12(10-13)11-20-9-7-14-6-1-2-8-17-14/h1-6,8,10,19H,7,9,11H2,(H2,16,18). The van der Waals surface area contributed by atoms with Gasteiger partial charge in [-0.3, -0.25) is 4.98 Å². The van der Waals surface area contributed by atoms with E-state index < -0.39 is 0 Å². The van der Waals surface area contributed by atoms with Crippen LogP contribution in [0.2, 0.25) is 0 Å². The highest BCUT2D eigenvalue weighted by molar-refractivity contribution is 5.97. The Morgan fingerprint density at radius 3 is 2.90 bits per heavy atom. The molecule has 0 unspecified atom stereocenters. The summed E-state index contributed by atoms with van der Waals surface area (Å²) in [5, 5.41) is 11.6. The predicted molar refractivity (Wildman–Crippen MR) is 76.5 cm³/mol. The number of pyridine rings is 1. The monoisotopic (exact) mass is 271 g/mol. The Labute approximate surface area is 117 Å². The highest BCUT2D eigenvalue weighted by atomic mass is 16.5. The molecule has 1 aromatic heterocycles. The summed E-state index contributed by atoms with van der Waals surface area (Å²) in [5.41, 5.74) is 8.22. The van der Waals surface area contributed by atoms with Crippen molar-refractivity contribution in [2.45, 2.75) is 13.0 Å². The van der Waals surface area contributed by atoms with Crippen LogP contribution in [0.5, 0.6) is 0 Å². The van der Waals surface area contributed by atoms with Crippen molar-refractivity contribution in [3.63, 3.8) is 0 Å². The van der Waals surface area contributed by atoms with E-state index in [-0.39, 0.29) is 5.84 Å². The van der Waals surface area contributed by atoms with E-state index in [4.69, 9.17) is 15.7 Å². The van der Waals surface area contributed by atoms with Crippen LogP contribution in [0.3, 0.4) is 0 Å². The van der Waals surface area contributed by atoms with E-state index in [2.05, 4.69) is 10.1 Å². The molecule has 2 aromatic rings. The molecule has 0 amide bonds. The van der Waals surface area contributed by atoms with Crippen molar-refractivity contribution >= 4 is 5.84 Å². The highest BCUT2D eigenvalue weighted by Crippen LogP contribution is 2.07. The van der Waals surface area contributed by atoms with E-state index in [1.54, 1.807) is 12.3 Å². The molecule has 0 aliphatic carbocycles. The van der Waals surface area contributed by atoms with Crippen LogP contribution in [0, 0.1) is 0 Å². The van der Waals surface area contributed by atoms with Crippen LogP contribution in [-0.4, -0.2) is 22.6 Å². The lowest BCUT2D eigenvalue weighted by molar-refractivity contribution is 0.123. The van der Waals surface area contributed by atoms with E-state index >= 15 is 0 Å². The quantitative estimate of drug-likeness (QED) is 0.276. The van der Waals surface area contributed by atoms with Crippen LogP contribution in [0.4, 0.5) is 0 Å². The van der Waals surface area contributed by atoms with Crippen LogP contribution in [-0.2, 0) is 17.8 Å². The predicted octanol–water partition coefficient (Wildman–Crippen LogP) is 1.94. The lowest BCUT2D eigenvalue weighted by Gasteiger charge is -2.06. The van der Waals surface area contributed by atoms with Crippen molar-refractivity contribution in [2.75, 3.05) is 6.61 Å². The minimum absolute atomic E-state index is 0.0975. The smallest absolute Gasteiger partial charge is 0.170 e. The Bertz CT molecular complexity index is 570. The molecule has 104 valence electrons. The van der Waals surface area contributed by atoms with Gasteiger partial charge in [0.15, 0.2) is 5.84 Å². The largest absolute Gasteiger partial charge is 0.409 e. The zero-order chi connectivity index (χ0) is 14.2. The third-order valence-electron chi connectivity index (χ3n) is 2.83. The number of hydrogen-bond acceptors (Lipinski definition) is 4. The number of benzene rings is 1. The van der Waals surface area contributed by atoms with Crippen molar-refractivity contribution in [3.05, 3.63) is 65.5 Å². The first-order valence-corrected chi connectivity index (χ1v) is 6.34. The first kappa shape index (κ1) is 14.0. The topological polar surface area (TPSA) is 80.7 Å². The Hall–Kier alpha value is -2.40. The zero-order valence-electron chi connectivity index (χ0n) is 11.1. The third-order valence-corrected chi connectivity index (χ3v) is 2.83. The van der Waals surface area contributed by atoms with Crippen molar-refractivity contribution < 1.29 is 9.94 Å². The summed E-state index contributed by atoms with van der Waals surface area (Å²) in [6.07, 6.45) is 2.55. The van der Waals surface area contributed by atoms with Gasteiger partial charge >= 0.3 is 0 Å². The summed E-state index contributed by atoms with van der Waals surface area (Å²) in [6, 6.07) is 13.2. The lowest BCUT2D eigenvalue weighted by Crippen LogP contribution is -2.13. The van der Waals surface area contributed by atoms with Gasteiger partial charge in [0.05, 0.1) is 13.2 Å². The van der Waals surface area contributed by atoms with E-state index in [0.29, 0.717) is 18.8 Å². The molecular weight excluding hydrogens is 254 g/mol. The number of aromatic nitrogens is 1. The molecule has 0 aliphatic heterocycles. The molecule has 0 spiro atoms. The molecular formula is C15H17N3O2. The van der Waals surface area contributed by atoms with Gasteiger partial charge in [-0.15, -0.1) is 0 Å². The number of ether oxygens (including phenoxy) is 1. The van der Waals surface area contributed by atoms with Crippen molar-refractivity contribution in [2.24, 2.45) is 10.9 Å². The minimum Gasteiger partial charge on any atom is -0.409 e. The summed E-state index contributed by atoms with van der Waals surface area (Å²) >= 11 is 0. The fourth-order valence-electron chi connectivity index (χ4n) is 1.79. The molecule has 5 heteroatoms. The molecule has 20 heavy (non-hydrogen) atoms. The maximum Gasteiger partial charge on any atom is 0.170 e. The molecule has 0 saturated heterocycles. The molecule has 1 aromatic carbocycles. The van der Waals surface area contributed by atoms with Crippen LogP contribution in [0.25, 0.3) is 0 Å². The Balaban J connectivity index is 1.82. The van der Waals surface area contributed by atoms with Gasteiger partial charge in [-0.2, -0.15) is 0 Å². The average Bonchev–Trinajstić information content (AvgIpc) is 2.52. The van der Waals surface area contributed by atoms with Gasteiger partial charge in [-0.05, 0) is 23.8 Å². The molecule has 0 radical (unpaired) electrons. The van der Waals surface area contributed by atoms with Crippen LogP contribution >= 0.6 is 0 Å². The molecule has 2 rings (SSSR count). The third kappa shape index (κ3) is 4.07.